The normalized spacial score (nSPS) is 11.0. The number of allylic oxidation sites excluding steroid dienone is 1. The highest BCUT2D eigenvalue weighted by Crippen LogP contribution is 2.31. The second-order valence-electron chi connectivity index (χ2n) is 5.31. The van der Waals surface area contributed by atoms with Crippen molar-refractivity contribution in [2.24, 2.45) is 0 Å². The van der Waals surface area contributed by atoms with E-state index in [9.17, 15) is 13.2 Å². The van der Waals surface area contributed by atoms with Gasteiger partial charge in [-0.1, -0.05) is 44.3 Å². The van der Waals surface area contributed by atoms with Gasteiger partial charge in [0, 0.05) is 16.9 Å². The maximum Gasteiger partial charge on any atom is 0.416 e. The highest BCUT2D eigenvalue weighted by molar-refractivity contribution is 5.76. The van der Waals surface area contributed by atoms with Gasteiger partial charge in [-0.3, -0.25) is 0 Å². The van der Waals surface area contributed by atoms with Crippen molar-refractivity contribution in [1.82, 2.24) is 0 Å². The van der Waals surface area contributed by atoms with Crippen LogP contribution in [0.4, 0.5) is 24.5 Å². The summed E-state index contributed by atoms with van der Waals surface area (Å²) in [4.78, 5) is 0. The monoisotopic (exact) mass is 332 g/mol. The molecular formula is C19H19F3N2. The summed E-state index contributed by atoms with van der Waals surface area (Å²) in [5.41, 5.74) is 2.32. The molecule has 0 aromatic heterocycles. The summed E-state index contributed by atoms with van der Waals surface area (Å²) in [7, 11) is 0. The summed E-state index contributed by atoms with van der Waals surface area (Å²) in [6, 6.07) is 12.6. The molecule has 0 heterocycles. The van der Waals surface area contributed by atoms with E-state index < -0.39 is 11.7 Å². The van der Waals surface area contributed by atoms with Crippen LogP contribution in [0.1, 0.15) is 24.5 Å². The lowest BCUT2D eigenvalue weighted by Crippen LogP contribution is -2.11. The van der Waals surface area contributed by atoms with Gasteiger partial charge in [0.15, 0.2) is 0 Å². The third kappa shape index (κ3) is 4.41. The van der Waals surface area contributed by atoms with Crippen LogP contribution in [0.2, 0.25) is 0 Å². The average molecular weight is 332 g/mol. The molecule has 126 valence electrons. The fourth-order valence-corrected chi connectivity index (χ4v) is 2.23. The van der Waals surface area contributed by atoms with Gasteiger partial charge in [-0.2, -0.15) is 13.2 Å². The number of hydrogen-bond donors (Lipinski definition) is 2. The van der Waals surface area contributed by atoms with Crippen molar-refractivity contribution in [3.63, 3.8) is 0 Å². The van der Waals surface area contributed by atoms with Gasteiger partial charge in [0.05, 0.1) is 5.56 Å². The second-order valence-corrected chi connectivity index (χ2v) is 5.31. The number of nitrogens with one attached hydrogen (secondary N) is 2. The average Bonchev–Trinajstić information content (AvgIpc) is 2.54. The van der Waals surface area contributed by atoms with Crippen molar-refractivity contribution in [3.8, 4) is 0 Å². The first-order chi connectivity index (χ1) is 11.3. The van der Waals surface area contributed by atoms with Gasteiger partial charge in [-0.25, -0.2) is 0 Å². The molecule has 0 spiro atoms. The number of alkyl halides is 3. The number of halogens is 3. The molecule has 2 nitrogen and oxygen atoms in total. The molecule has 0 fully saturated rings. The zero-order chi connectivity index (χ0) is 17.7. The van der Waals surface area contributed by atoms with Gasteiger partial charge in [0.2, 0.25) is 0 Å². The van der Waals surface area contributed by atoms with E-state index in [4.69, 9.17) is 0 Å². The van der Waals surface area contributed by atoms with Crippen molar-refractivity contribution in [1.29, 1.82) is 0 Å². The first-order valence-corrected chi connectivity index (χ1v) is 7.48. The minimum absolute atomic E-state index is 0.314. The predicted octanol–water partition coefficient (Wildman–Crippen LogP) is 6.12. The topological polar surface area (TPSA) is 24.1 Å². The largest absolute Gasteiger partial charge is 0.416 e. The number of anilines is 2. The lowest BCUT2D eigenvalue weighted by Gasteiger charge is -2.17. The number of para-hydroxylation sites is 1. The number of benzene rings is 2. The van der Waals surface area contributed by atoms with E-state index in [2.05, 4.69) is 23.8 Å². The highest BCUT2D eigenvalue weighted by Gasteiger charge is 2.30. The van der Waals surface area contributed by atoms with Crippen LogP contribution in [-0.2, 0) is 6.18 Å². The Bertz CT molecular complexity index is 748. The van der Waals surface area contributed by atoms with Gasteiger partial charge in [0.25, 0.3) is 0 Å². The fourth-order valence-electron chi connectivity index (χ4n) is 2.23. The molecule has 0 bridgehead atoms. The fraction of sp³-hybridized carbons (Fsp3) is 0.158. The number of rotatable bonds is 6. The summed E-state index contributed by atoms with van der Waals surface area (Å²) in [5.74, 6) is 0.380. The Balaban J connectivity index is 2.14. The lowest BCUT2D eigenvalue weighted by molar-refractivity contribution is -0.137. The van der Waals surface area contributed by atoms with Crippen LogP contribution in [0, 0.1) is 0 Å². The summed E-state index contributed by atoms with van der Waals surface area (Å²) in [5, 5.41) is 5.94. The quantitative estimate of drug-likeness (QED) is 0.665. The van der Waals surface area contributed by atoms with Gasteiger partial charge in [-0.05, 0) is 36.3 Å². The molecule has 2 N–H and O–H groups in total. The van der Waals surface area contributed by atoms with Crippen LogP contribution in [0.25, 0.3) is 5.57 Å². The van der Waals surface area contributed by atoms with E-state index in [0.29, 0.717) is 11.5 Å². The second kappa shape index (κ2) is 7.25. The third-order valence-corrected chi connectivity index (χ3v) is 3.51. The molecule has 0 aliphatic rings. The van der Waals surface area contributed by atoms with Gasteiger partial charge < -0.3 is 10.6 Å². The Morgan fingerprint density at radius 2 is 1.71 bits per heavy atom. The molecule has 0 saturated heterocycles. The molecular weight excluding hydrogens is 313 g/mol. The first-order valence-electron chi connectivity index (χ1n) is 7.48. The lowest BCUT2D eigenvalue weighted by atomic mass is 10.0. The molecule has 2 aromatic carbocycles. The van der Waals surface area contributed by atoms with Crippen molar-refractivity contribution in [2.75, 3.05) is 10.6 Å². The molecule has 0 atom stereocenters. The Hall–Kier alpha value is -2.69. The molecule has 0 aliphatic heterocycles. The zero-order valence-electron chi connectivity index (χ0n) is 13.4. The molecule has 2 aromatic rings. The Morgan fingerprint density at radius 1 is 1.00 bits per heavy atom. The maximum atomic E-state index is 12.8. The summed E-state index contributed by atoms with van der Waals surface area (Å²) >= 11 is 0. The van der Waals surface area contributed by atoms with E-state index in [-0.39, 0.29) is 0 Å². The molecule has 0 unspecified atom stereocenters. The third-order valence-electron chi connectivity index (χ3n) is 3.51. The van der Waals surface area contributed by atoms with Crippen LogP contribution in [0.15, 0.2) is 67.5 Å². The van der Waals surface area contributed by atoms with E-state index in [0.717, 1.165) is 35.4 Å². The molecule has 24 heavy (non-hydrogen) atoms. The van der Waals surface area contributed by atoms with Gasteiger partial charge in [0.1, 0.15) is 5.82 Å². The van der Waals surface area contributed by atoms with E-state index in [1.165, 1.54) is 6.07 Å². The maximum absolute atomic E-state index is 12.8. The van der Waals surface area contributed by atoms with Crippen molar-refractivity contribution < 1.29 is 13.2 Å². The van der Waals surface area contributed by atoms with E-state index in [1.54, 1.807) is 6.07 Å². The Labute approximate surface area is 139 Å². The van der Waals surface area contributed by atoms with Crippen LogP contribution in [0.3, 0.4) is 0 Å². The van der Waals surface area contributed by atoms with Crippen molar-refractivity contribution in [3.05, 3.63) is 78.6 Å². The smallest absolute Gasteiger partial charge is 0.342 e. The van der Waals surface area contributed by atoms with Crippen LogP contribution < -0.4 is 10.6 Å². The molecule has 2 rings (SSSR count). The van der Waals surface area contributed by atoms with Crippen LogP contribution >= 0.6 is 0 Å². The van der Waals surface area contributed by atoms with E-state index >= 15 is 0 Å². The van der Waals surface area contributed by atoms with Crippen LogP contribution in [-0.4, -0.2) is 0 Å². The SMILES string of the molecule is C=C(Nc1cccc(C(F)(F)F)c1)Nc1ccccc1C(=C)CC. The molecule has 0 radical (unpaired) electrons. The van der Waals surface area contributed by atoms with Crippen molar-refractivity contribution in [2.45, 2.75) is 19.5 Å². The summed E-state index contributed by atoms with van der Waals surface area (Å²) in [6.07, 6.45) is -3.58. The molecule has 0 amide bonds. The standard InChI is InChI=1S/C19H19F3N2/c1-4-13(2)17-10-5-6-11-18(17)24-14(3)23-16-9-7-8-15(12-16)19(20,21)22/h5-12,23-24H,2-4H2,1H3. The molecule has 0 saturated carbocycles. The van der Waals surface area contributed by atoms with Crippen LogP contribution in [0.5, 0.6) is 0 Å². The Morgan fingerprint density at radius 3 is 2.38 bits per heavy atom. The highest BCUT2D eigenvalue weighted by atomic mass is 19.4. The molecule has 0 aliphatic carbocycles. The van der Waals surface area contributed by atoms with E-state index in [1.807, 2.05) is 31.2 Å². The Kier molecular flexibility index (Phi) is 5.34. The molecule has 5 heteroatoms. The number of hydrogen-bond acceptors (Lipinski definition) is 2. The summed E-state index contributed by atoms with van der Waals surface area (Å²) in [6.45, 7) is 9.86. The minimum atomic E-state index is -4.38. The van der Waals surface area contributed by atoms with Crippen molar-refractivity contribution >= 4 is 16.9 Å². The minimum Gasteiger partial charge on any atom is -0.342 e. The predicted molar refractivity (Wildman–Crippen MR) is 93.6 cm³/mol. The van der Waals surface area contributed by atoms with Gasteiger partial charge >= 0.3 is 6.18 Å². The summed E-state index contributed by atoms with van der Waals surface area (Å²) < 4.78 is 38.3. The van der Waals surface area contributed by atoms with Gasteiger partial charge in [-0.15, -0.1) is 0 Å². The first kappa shape index (κ1) is 17.7. The zero-order valence-corrected chi connectivity index (χ0v) is 13.4.